The fraction of sp³-hybridized carbons (Fsp3) is 0. The van der Waals surface area contributed by atoms with E-state index in [0.717, 1.165) is 10.9 Å². The molecule has 0 saturated heterocycles. The molecule has 2 rings (SSSR count). The van der Waals surface area contributed by atoms with Gasteiger partial charge in [-0.05, 0) is 12.1 Å². The number of aromatic nitrogens is 2. The topological polar surface area (TPSA) is 28.7 Å². The van der Waals surface area contributed by atoms with Crippen LogP contribution in [0.2, 0.25) is 5.15 Å². The average molecular weight is 192 g/mol. The molecule has 0 atom stereocenters. The van der Waals surface area contributed by atoms with Gasteiger partial charge in [0, 0.05) is 69.2 Å². The standard InChI is InChI=1S/C7H5ClN2.K/c8-7-6-5(1-3-9-6)2-4-10-7;/h1-4,9H;. The van der Waals surface area contributed by atoms with Gasteiger partial charge in [-0.25, -0.2) is 4.98 Å². The second-order valence-electron chi connectivity index (χ2n) is 2.04. The number of hydrogen-bond acceptors (Lipinski definition) is 1. The molecule has 0 unspecified atom stereocenters. The first-order chi connectivity index (χ1) is 4.88. The number of pyridine rings is 1. The van der Waals surface area contributed by atoms with E-state index in [-0.39, 0.29) is 51.4 Å². The number of nitrogens with zero attached hydrogens (tertiary/aromatic N) is 1. The maximum atomic E-state index is 5.76. The molecule has 11 heavy (non-hydrogen) atoms. The van der Waals surface area contributed by atoms with Crippen LogP contribution in [-0.2, 0) is 0 Å². The minimum atomic E-state index is 0. The molecule has 0 amide bonds. The Morgan fingerprint density at radius 1 is 1.36 bits per heavy atom. The van der Waals surface area contributed by atoms with Gasteiger partial charge in [0.15, 0.2) is 5.15 Å². The number of halogens is 1. The van der Waals surface area contributed by atoms with Crippen molar-refractivity contribution in [3.05, 3.63) is 29.7 Å². The summed E-state index contributed by atoms with van der Waals surface area (Å²) in [5.41, 5.74) is 0.907. The minimum Gasteiger partial charge on any atom is -0.359 e. The molecule has 0 aliphatic rings. The van der Waals surface area contributed by atoms with Gasteiger partial charge < -0.3 is 4.98 Å². The Hall–Kier alpha value is 0.616. The summed E-state index contributed by atoms with van der Waals surface area (Å²) in [7, 11) is 0. The number of nitrogens with one attached hydrogen (secondary N) is 1. The molecule has 1 radical (unpaired) electrons. The first-order valence-corrected chi connectivity index (χ1v) is 3.33. The van der Waals surface area contributed by atoms with Gasteiger partial charge in [-0.1, -0.05) is 11.6 Å². The quantitative estimate of drug-likeness (QED) is 0.500. The van der Waals surface area contributed by atoms with Crippen LogP contribution in [0.3, 0.4) is 0 Å². The van der Waals surface area contributed by atoms with Gasteiger partial charge in [-0.3, -0.25) is 0 Å². The molecule has 2 aromatic heterocycles. The van der Waals surface area contributed by atoms with Crippen LogP contribution in [0.5, 0.6) is 0 Å². The van der Waals surface area contributed by atoms with Gasteiger partial charge in [0.2, 0.25) is 0 Å². The van der Waals surface area contributed by atoms with E-state index in [9.17, 15) is 0 Å². The molecule has 2 nitrogen and oxygen atoms in total. The maximum Gasteiger partial charge on any atom is 0.153 e. The summed E-state index contributed by atoms with van der Waals surface area (Å²) in [4.78, 5) is 6.91. The molecule has 4 heteroatoms. The van der Waals surface area contributed by atoms with Gasteiger partial charge in [0.1, 0.15) is 0 Å². The Kier molecular flexibility index (Phi) is 3.55. The second kappa shape index (κ2) is 4.03. The number of hydrogen-bond donors (Lipinski definition) is 1. The van der Waals surface area contributed by atoms with Gasteiger partial charge >= 0.3 is 0 Å². The van der Waals surface area contributed by atoms with E-state index in [0.29, 0.717) is 5.15 Å². The first kappa shape index (κ1) is 9.70. The van der Waals surface area contributed by atoms with E-state index in [2.05, 4.69) is 9.97 Å². The predicted molar refractivity (Wildman–Crippen MR) is 46.9 cm³/mol. The molecule has 2 aromatic rings. The Morgan fingerprint density at radius 2 is 2.18 bits per heavy atom. The Balaban J connectivity index is 0.000000605. The summed E-state index contributed by atoms with van der Waals surface area (Å²) < 4.78 is 0. The van der Waals surface area contributed by atoms with Crippen molar-refractivity contribution in [1.82, 2.24) is 9.97 Å². The molecular weight excluding hydrogens is 187 g/mol. The molecule has 0 fully saturated rings. The summed E-state index contributed by atoms with van der Waals surface area (Å²) >= 11 is 5.76. The van der Waals surface area contributed by atoms with E-state index in [1.807, 2.05) is 18.3 Å². The molecule has 0 bridgehead atoms. The minimum absolute atomic E-state index is 0. The molecule has 1 N–H and O–H groups in total. The molecule has 0 aliphatic carbocycles. The summed E-state index contributed by atoms with van der Waals surface area (Å²) in [5, 5.41) is 1.63. The number of fused-ring (bicyclic) bond motifs is 1. The molecular formula is C7H5ClKN2. The SMILES string of the molecule is Clc1nccc2cc[nH]c12.[K]. The third-order valence-electron chi connectivity index (χ3n) is 1.43. The van der Waals surface area contributed by atoms with Crippen LogP contribution in [0.25, 0.3) is 10.9 Å². The fourth-order valence-corrected chi connectivity index (χ4v) is 1.17. The summed E-state index contributed by atoms with van der Waals surface area (Å²) in [6.45, 7) is 0. The largest absolute Gasteiger partial charge is 0.359 e. The van der Waals surface area contributed by atoms with Crippen LogP contribution in [0, 0.1) is 0 Å². The normalized spacial score (nSPS) is 9.55. The zero-order valence-electron chi connectivity index (χ0n) is 6.13. The van der Waals surface area contributed by atoms with E-state index in [1.54, 1.807) is 6.20 Å². The molecule has 0 aliphatic heterocycles. The van der Waals surface area contributed by atoms with Crippen LogP contribution < -0.4 is 0 Å². The Morgan fingerprint density at radius 3 is 2.91 bits per heavy atom. The Bertz CT molecular complexity index is 358. The zero-order valence-corrected chi connectivity index (χ0v) is 10.0. The fourth-order valence-electron chi connectivity index (χ4n) is 0.947. The predicted octanol–water partition coefficient (Wildman–Crippen LogP) is 1.84. The monoisotopic (exact) mass is 191 g/mol. The van der Waals surface area contributed by atoms with Gasteiger partial charge in [0.05, 0.1) is 5.52 Å². The smallest absolute Gasteiger partial charge is 0.153 e. The van der Waals surface area contributed by atoms with E-state index < -0.39 is 0 Å². The maximum absolute atomic E-state index is 5.76. The van der Waals surface area contributed by atoms with E-state index in [1.165, 1.54) is 0 Å². The van der Waals surface area contributed by atoms with Crippen molar-refractivity contribution in [1.29, 1.82) is 0 Å². The van der Waals surface area contributed by atoms with Crippen molar-refractivity contribution >= 4 is 73.9 Å². The average Bonchev–Trinajstić information content (AvgIpc) is 2.36. The summed E-state index contributed by atoms with van der Waals surface area (Å²) in [6, 6.07) is 3.88. The third-order valence-corrected chi connectivity index (χ3v) is 1.71. The number of rotatable bonds is 0. The molecule has 0 saturated carbocycles. The van der Waals surface area contributed by atoms with Crippen molar-refractivity contribution < 1.29 is 0 Å². The van der Waals surface area contributed by atoms with Crippen LogP contribution >= 0.6 is 11.6 Å². The molecule has 0 spiro atoms. The van der Waals surface area contributed by atoms with Crippen LogP contribution in [0.1, 0.15) is 0 Å². The molecule has 51 valence electrons. The van der Waals surface area contributed by atoms with E-state index >= 15 is 0 Å². The molecule has 2 heterocycles. The van der Waals surface area contributed by atoms with E-state index in [4.69, 9.17) is 11.6 Å². The Labute approximate surface area is 112 Å². The van der Waals surface area contributed by atoms with Crippen LogP contribution in [-0.4, -0.2) is 61.4 Å². The van der Waals surface area contributed by atoms with Crippen molar-refractivity contribution in [3.8, 4) is 0 Å². The van der Waals surface area contributed by atoms with Crippen LogP contribution in [0.4, 0.5) is 0 Å². The molecule has 0 aromatic carbocycles. The second-order valence-corrected chi connectivity index (χ2v) is 2.40. The van der Waals surface area contributed by atoms with Gasteiger partial charge in [0.25, 0.3) is 0 Å². The van der Waals surface area contributed by atoms with Crippen LogP contribution in [0.15, 0.2) is 24.5 Å². The number of H-pyrrole nitrogens is 1. The zero-order chi connectivity index (χ0) is 6.97. The third kappa shape index (κ3) is 1.85. The number of aromatic amines is 1. The summed E-state index contributed by atoms with van der Waals surface area (Å²) in [6.07, 6.45) is 3.54. The summed E-state index contributed by atoms with van der Waals surface area (Å²) in [5.74, 6) is 0. The van der Waals surface area contributed by atoms with Crippen molar-refractivity contribution in [2.75, 3.05) is 0 Å². The van der Waals surface area contributed by atoms with Crippen molar-refractivity contribution in [3.63, 3.8) is 0 Å². The van der Waals surface area contributed by atoms with Gasteiger partial charge in [-0.15, -0.1) is 0 Å². The van der Waals surface area contributed by atoms with Gasteiger partial charge in [-0.2, -0.15) is 0 Å². The van der Waals surface area contributed by atoms with Crippen molar-refractivity contribution in [2.45, 2.75) is 0 Å². The van der Waals surface area contributed by atoms with Crippen molar-refractivity contribution in [2.24, 2.45) is 0 Å². The first-order valence-electron chi connectivity index (χ1n) is 2.95.